The van der Waals surface area contributed by atoms with E-state index in [4.69, 9.17) is 5.11 Å². The van der Waals surface area contributed by atoms with E-state index in [1.165, 1.54) is 12.1 Å². The van der Waals surface area contributed by atoms with Crippen molar-refractivity contribution < 1.29 is 14.3 Å². The zero-order valence-electron chi connectivity index (χ0n) is 6.97. The molecule has 0 spiro atoms. The Morgan fingerprint density at radius 2 is 2.23 bits per heavy atom. The molecule has 0 aromatic heterocycles. The van der Waals surface area contributed by atoms with E-state index < -0.39 is 11.8 Å². The molecule has 2 nitrogen and oxygen atoms in total. The number of rotatable bonds is 2. The van der Waals surface area contributed by atoms with Crippen molar-refractivity contribution in [1.29, 1.82) is 0 Å². The summed E-state index contributed by atoms with van der Waals surface area (Å²) in [6, 6.07) is 2.68. The molecular formula is C9H8BrFO2. The number of carboxylic acids is 1. The summed E-state index contributed by atoms with van der Waals surface area (Å²) in [7, 11) is 0. The summed E-state index contributed by atoms with van der Waals surface area (Å²) < 4.78 is 13.6. The van der Waals surface area contributed by atoms with E-state index in [2.05, 4.69) is 15.9 Å². The fraction of sp³-hybridized carbons (Fsp3) is 0.222. The molecule has 0 aliphatic heterocycles. The van der Waals surface area contributed by atoms with Gasteiger partial charge in [-0.3, -0.25) is 0 Å². The second-order valence-corrected chi connectivity index (χ2v) is 3.49. The van der Waals surface area contributed by atoms with Crippen LogP contribution in [0.25, 0.3) is 0 Å². The molecule has 0 fully saturated rings. The van der Waals surface area contributed by atoms with Gasteiger partial charge in [-0.1, -0.05) is 22.9 Å². The molecule has 4 heteroatoms. The number of carbonyl (C=O) groups is 1. The van der Waals surface area contributed by atoms with E-state index >= 15 is 0 Å². The topological polar surface area (TPSA) is 37.3 Å². The van der Waals surface area contributed by atoms with Gasteiger partial charge in [0.2, 0.25) is 0 Å². The Labute approximate surface area is 83.5 Å². The summed E-state index contributed by atoms with van der Waals surface area (Å²) >= 11 is 3.04. The monoisotopic (exact) mass is 246 g/mol. The number of hydrogen-bond acceptors (Lipinski definition) is 1. The molecular weight excluding hydrogens is 239 g/mol. The maximum Gasteiger partial charge on any atom is 0.336 e. The van der Waals surface area contributed by atoms with Crippen molar-refractivity contribution in [2.45, 2.75) is 13.3 Å². The molecule has 0 amide bonds. The molecule has 13 heavy (non-hydrogen) atoms. The third kappa shape index (κ3) is 2.06. The van der Waals surface area contributed by atoms with Gasteiger partial charge in [0, 0.05) is 10.0 Å². The molecule has 0 aliphatic rings. The van der Waals surface area contributed by atoms with Crippen LogP contribution in [-0.2, 0) is 6.42 Å². The van der Waals surface area contributed by atoms with Crippen LogP contribution in [0, 0.1) is 5.82 Å². The minimum atomic E-state index is -1.10. The molecule has 0 heterocycles. The summed E-state index contributed by atoms with van der Waals surface area (Å²) in [5.74, 6) is -1.58. The van der Waals surface area contributed by atoms with Gasteiger partial charge in [-0.25, -0.2) is 9.18 Å². The lowest BCUT2D eigenvalue weighted by Gasteiger charge is -2.05. The standard InChI is InChI=1S/C9H8BrFO2/c1-2-6-7(9(12)13)3-5(10)4-8(6)11/h3-4H,2H2,1H3,(H,12,13). The summed E-state index contributed by atoms with van der Waals surface area (Å²) in [4.78, 5) is 10.7. The third-order valence-electron chi connectivity index (χ3n) is 1.74. The second kappa shape index (κ2) is 3.87. The van der Waals surface area contributed by atoms with Crippen LogP contribution < -0.4 is 0 Å². The summed E-state index contributed by atoms with van der Waals surface area (Å²) in [6.45, 7) is 1.72. The Hall–Kier alpha value is -0.900. The molecule has 0 bridgehead atoms. The zero-order valence-corrected chi connectivity index (χ0v) is 8.56. The molecule has 0 saturated heterocycles. The van der Waals surface area contributed by atoms with Gasteiger partial charge in [0.15, 0.2) is 0 Å². The average Bonchev–Trinajstić information content (AvgIpc) is 2.02. The summed E-state index contributed by atoms with van der Waals surface area (Å²) in [5, 5.41) is 8.76. The lowest BCUT2D eigenvalue weighted by molar-refractivity contribution is 0.0695. The van der Waals surface area contributed by atoms with Crippen LogP contribution in [0.3, 0.4) is 0 Å². The first kappa shape index (κ1) is 10.2. The van der Waals surface area contributed by atoms with Gasteiger partial charge in [0.25, 0.3) is 0 Å². The lowest BCUT2D eigenvalue weighted by Crippen LogP contribution is -2.04. The maximum absolute atomic E-state index is 13.2. The van der Waals surface area contributed by atoms with Gasteiger partial charge in [0.1, 0.15) is 5.82 Å². The second-order valence-electron chi connectivity index (χ2n) is 2.57. The van der Waals surface area contributed by atoms with Crippen LogP contribution in [0.2, 0.25) is 0 Å². The van der Waals surface area contributed by atoms with Crippen LogP contribution >= 0.6 is 15.9 Å². The largest absolute Gasteiger partial charge is 0.478 e. The quantitative estimate of drug-likeness (QED) is 0.872. The highest BCUT2D eigenvalue weighted by atomic mass is 79.9. The van der Waals surface area contributed by atoms with Crippen molar-refractivity contribution in [2.75, 3.05) is 0 Å². The lowest BCUT2D eigenvalue weighted by atomic mass is 10.1. The van der Waals surface area contributed by atoms with Crippen LogP contribution in [0.15, 0.2) is 16.6 Å². The Balaban J connectivity index is 3.38. The highest BCUT2D eigenvalue weighted by molar-refractivity contribution is 9.10. The number of hydrogen-bond donors (Lipinski definition) is 1. The van der Waals surface area contributed by atoms with Crippen molar-refractivity contribution in [3.63, 3.8) is 0 Å². The minimum absolute atomic E-state index is 0.0226. The van der Waals surface area contributed by atoms with E-state index in [0.717, 1.165) is 0 Å². The molecule has 0 unspecified atom stereocenters. The first-order chi connectivity index (χ1) is 6.06. The van der Waals surface area contributed by atoms with Crippen LogP contribution in [-0.4, -0.2) is 11.1 Å². The molecule has 0 saturated carbocycles. The minimum Gasteiger partial charge on any atom is -0.478 e. The van der Waals surface area contributed by atoms with Crippen molar-refractivity contribution in [3.05, 3.63) is 33.5 Å². The Morgan fingerprint density at radius 3 is 2.69 bits per heavy atom. The number of aromatic carboxylic acids is 1. The SMILES string of the molecule is CCc1c(F)cc(Br)cc1C(=O)O. The van der Waals surface area contributed by atoms with E-state index in [9.17, 15) is 9.18 Å². The Morgan fingerprint density at radius 1 is 1.62 bits per heavy atom. The fourth-order valence-electron chi connectivity index (χ4n) is 1.15. The van der Waals surface area contributed by atoms with Gasteiger partial charge in [-0.15, -0.1) is 0 Å². The summed E-state index contributed by atoms with van der Waals surface area (Å²) in [5.41, 5.74) is 0.269. The van der Waals surface area contributed by atoms with E-state index in [0.29, 0.717) is 10.9 Å². The molecule has 1 N–H and O–H groups in total. The Kier molecular flexibility index (Phi) is 3.03. The molecule has 0 radical (unpaired) electrons. The number of halogens is 2. The first-order valence-electron chi connectivity index (χ1n) is 3.77. The van der Waals surface area contributed by atoms with Crippen molar-refractivity contribution >= 4 is 21.9 Å². The molecule has 1 rings (SSSR count). The molecule has 1 aromatic carbocycles. The number of carboxylic acid groups (broad SMARTS) is 1. The summed E-state index contributed by atoms with van der Waals surface area (Å²) in [6.07, 6.45) is 0.376. The molecule has 0 aliphatic carbocycles. The van der Waals surface area contributed by atoms with E-state index in [1.54, 1.807) is 6.92 Å². The zero-order chi connectivity index (χ0) is 10.0. The van der Waals surface area contributed by atoms with Gasteiger partial charge < -0.3 is 5.11 Å². The normalized spacial score (nSPS) is 10.1. The van der Waals surface area contributed by atoms with Crippen LogP contribution in [0.4, 0.5) is 4.39 Å². The van der Waals surface area contributed by atoms with Gasteiger partial charge in [-0.2, -0.15) is 0 Å². The smallest absolute Gasteiger partial charge is 0.336 e. The highest BCUT2D eigenvalue weighted by Crippen LogP contribution is 2.20. The van der Waals surface area contributed by atoms with Crippen molar-refractivity contribution in [2.24, 2.45) is 0 Å². The van der Waals surface area contributed by atoms with E-state index in [-0.39, 0.29) is 11.1 Å². The van der Waals surface area contributed by atoms with Crippen LogP contribution in [0.5, 0.6) is 0 Å². The molecule has 0 atom stereocenters. The fourth-order valence-corrected chi connectivity index (χ4v) is 1.58. The van der Waals surface area contributed by atoms with Gasteiger partial charge in [-0.05, 0) is 18.6 Å². The highest BCUT2D eigenvalue weighted by Gasteiger charge is 2.13. The maximum atomic E-state index is 13.2. The third-order valence-corrected chi connectivity index (χ3v) is 2.20. The first-order valence-corrected chi connectivity index (χ1v) is 4.56. The predicted octanol–water partition coefficient (Wildman–Crippen LogP) is 2.85. The predicted molar refractivity (Wildman–Crippen MR) is 50.4 cm³/mol. The molecule has 1 aromatic rings. The van der Waals surface area contributed by atoms with Crippen LogP contribution in [0.1, 0.15) is 22.8 Å². The number of benzene rings is 1. The molecule has 70 valence electrons. The average molecular weight is 247 g/mol. The van der Waals surface area contributed by atoms with Gasteiger partial charge in [0.05, 0.1) is 5.56 Å². The van der Waals surface area contributed by atoms with E-state index in [1.807, 2.05) is 0 Å². The van der Waals surface area contributed by atoms with Crippen molar-refractivity contribution in [3.8, 4) is 0 Å². The van der Waals surface area contributed by atoms with Gasteiger partial charge >= 0.3 is 5.97 Å². The van der Waals surface area contributed by atoms with Crippen molar-refractivity contribution in [1.82, 2.24) is 0 Å². The Bertz CT molecular complexity index is 350.